The van der Waals surface area contributed by atoms with Gasteiger partial charge in [0.05, 0.1) is 49.7 Å². The van der Waals surface area contributed by atoms with E-state index in [-0.39, 0.29) is 11.5 Å². The van der Waals surface area contributed by atoms with Crippen LogP contribution in [-0.2, 0) is 11.3 Å². The van der Waals surface area contributed by atoms with Crippen LogP contribution < -0.4 is 4.90 Å². The number of ether oxygens (including phenoxy) is 1. The molecule has 1 unspecified atom stereocenters. The fraction of sp³-hybridized carbons (Fsp3) is 0.370. The molecule has 2 saturated carbocycles. The second-order valence-electron chi connectivity index (χ2n) is 10.3. The zero-order valence-electron chi connectivity index (χ0n) is 19.7. The maximum atomic E-state index is 12.1. The number of aromatic carboxylic acids is 1. The summed E-state index contributed by atoms with van der Waals surface area (Å²) in [5.41, 5.74) is 5.80. The second kappa shape index (κ2) is 8.70. The summed E-state index contributed by atoms with van der Waals surface area (Å²) in [4.78, 5) is 18.7. The zero-order chi connectivity index (χ0) is 25.3. The van der Waals surface area contributed by atoms with Gasteiger partial charge in [0, 0.05) is 35.5 Å². The summed E-state index contributed by atoms with van der Waals surface area (Å²) >= 11 is 14.5. The smallest absolute Gasteiger partial charge is 0.337 e. The number of halogens is 2. The Morgan fingerprint density at radius 1 is 1.24 bits per heavy atom. The van der Waals surface area contributed by atoms with Crippen LogP contribution in [0, 0.1) is 5.41 Å². The van der Waals surface area contributed by atoms with Gasteiger partial charge < -0.3 is 19.3 Å². The number of carboxylic acids is 1. The molecule has 1 spiro atoms. The molecule has 37 heavy (non-hydrogen) atoms. The van der Waals surface area contributed by atoms with E-state index in [1.807, 2.05) is 12.1 Å². The van der Waals surface area contributed by atoms with Gasteiger partial charge in [-0.1, -0.05) is 34.4 Å². The SMILES string of the molecule is O=C(O)c1cc2scnc2cc1N1CC(OCc2c(-c3c(Cl)cccc3Cl)noc2C2CC2)C2(CC2)C1. The van der Waals surface area contributed by atoms with Crippen molar-refractivity contribution in [1.82, 2.24) is 10.1 Å². The number of hydrogen-bond acceptors (Lipinski definition) is 7. The summed E-state index contributed by atoms with van der Waals surface area (Å²) in [5, 5.41) is 15.3. The molecule has 2 aliphatic carbocycles. The summed E-state index contributed by atoms with van der Waals surface area (Å²) in [6.07, 6.45) is 4.19. The van der Waals surface area contributed by atoms with Crippen LogP contribution in [0.15, 0.2) is 40.4 Å². The number of fused-ring (bicyclic) bond motifs is 1. The maximum absolute atomic E-state index is 12.1. The molecule has 0 bridgehead atoms. The number of anilines is 1. The number of carboxylic acid groups (broad SMARTS) is 1. The first-order chi connectivity index (χ1) is 17.9. The Labute approximate surface area is 226 Å². The lowest BCUT2D eigenvalue weighted by Crippen LogP contribution is -2.25. The van der Waals surface area contributed by atoms with E-state index >= 15 is 0 Å². The lowest BCUT2D eigenvalue weighted by atomic mass is 10.0. The fourth-order valence-electron chi connectivity index (χ4n) is 5.55. The van der Waals surface area contributed by atoms with Gasteiger partial charge in [0.1, 0.15) is 11.5 Å². The molecule has 3 fully saturated rings. The Bertz CT molecular complexity index is 1520. The van der Waals surface area contributed by atoms with Gasteiger partial charge in [-0.15, -0.1) is 11.3 Å². The minimum Gasteiger partial charge on any atom is -0.478 e. The molecule has 2 aromatic carbocycles. The number of aromatic nitrogens is 2. The lowest BCUT2D eigenvalue weighted by Gasteiger charge is -2.21. The summed E-state index contributed by atoms with van der Waals surface area (Å²) in [5.74, 6) is 0.270. The monoisotopic (exact) mass is 555 g/mol. The van der Waals surface area contributed by atoms with Crippen LogP contribution in [0.25, 0.3) is 21.5 Å². The van der Waals surface area contributed by atoms with E-state index in [2.05, 4.69) is 15.0 Å². The molecule has 1 N–H and O–H groups in total. The lowest BCUT2D eigenvalue weighted by molar-refractivity contribution is 0.0176. The highest BCUT2D eigenvalue weighted by molar-refractivity contribution is 7.16. The van der Waals surface area contributed by atoms with Crippen LogP contribution in [0.1, 0.15) is 53.3 Å². The van der Waals surface area contributed by atoms with Crippen LogP contribution in [0.2, 0.25) is 10.0 Å². The van der Waals surface area contributed by atoms with E-state index in [0.29, 0.717) is 51.6 Å². The summed E-state index contributed by atoms with van der Waals surface area (Å²) in [7, 11) is 0. The van der Waals surface area contributed by atoms with Gasteiger partial charge in [-0.2, -0.15) is 0 Å². The topological polar surface area (TPSA) is 88.7 Å². The van der Waals surface area contributed by atoms with Crippen LogP contribution in [-0.4, -0.2) is 40.4 Å². The molecule has 1 saturated heterocycles. The van der Waals surface area contributed by atoms with E-state index < -0.39 is 5.97 Å². The van der Waals surface area contributed by atoms with Crippen LogP contribution >= 0.6 is 34.5 Å². The minimum atomic E-state index is -0.931. The molecule has 0 radical (unpaired) electrons. The first-order valence-corrected chi connectivity index (χ1v) is 14.0. The zero-order valence-corrected chi connectivity index (χ0v) is 22.1. The van der Waals surface area contributed by atoms with Gasteiger partial charge in [-0.3, -0.25) is 0 Å². The van der Waals surface area contributed by atoms with Gasteiger partial charge in [0.2, 0.25) is 0 Å². The number of thiazole rings is 1. The van der Waals surface area contributed by atoms with E-state index in [9.17, 15) is 9.90 Å². The van der Waals surface area contributed by atoms with Gasteiger partial charge in [0.25, 0.3) is 0 Å². The first-order valence-electron chi connectivity index (χ1n) is 12.3. The molecule has 7 nitrogen and oxygen atoms in total. The van der Waals surface area contributed by atoms with E-state index in [1.165, 1.54) is 11.3 Å². The van der Waals surface area contributed by atoms with Crippen molar-refractivity contribution in [2.45, 2.75) is 44.3 Å². The Kier molecular flexibility index (Phi) is 5.52. The van der Waals surface area contributed by atoms with Crippen molar-refractivity contribution in [3.8, 4) is 11.3 Å². The Morgan fingerprint density at radius 3 is 2.73 bits per heavy atom. The molecule has 3 heterocycles. The van der Waals surface area contributed by atoms with E-state index in [0.717, 1.165) is 53.8 Å². The quantitative estimate of drug-likeness (QED) is 0.262. The summed E-state index contributed by atoms with van der Waals surface area (Å²) in [6.45, 7) is 1.71. The van der Waals surface area contributed by atoms with Crippen molar-refractivity contribution in [1.29, 1.82) is 0 Å². The Hall–Kier alpha value is -2.65. The van der Waals surface area contributed by atoms with E-state index in [4.69, 9.17) is 32.5 Å². The second-order valence-corrected chi connectivity index (χ2v) is 12.0. The average Bonchev–Trinajstić information content (AvgIpc) is 3.73. The van der Waals surface area contributed by atoms with Crippen molar-refractivity contribution >= 4 is 56.4 Å². The van der Waals surface area contributed by atoms with Crippen molar-refractivity contribution < 1.29 is 19.2 Å². The van der Waals surface area contributed by atoms with Crippen molar-refractivity contribution in [3.05, 3.63) is 62.8 Å². The van der Waals surface area contributed by atoms with Crippen molar-refractivity contribution in [3.63, 3.8) is 0 Å². The molecule has 0 amide bonds. The third-order valence-corrected chi connectivity index (χ3v) is 9.30. The van der Waals surface area contributed by atoms with Gasteiger partial charge in [0.15, 0.2) is 0 Å². The Morgan fingerprint density at radius 2 is 2.03 bits per heavy atom. The molecule has 4 aromatic rings. The normalized spacial score (nSPS) is 20.3. The summed E-state index contributed by atoms with van der Waals surface area (Å²) in [6, 6.07) is 9.04. The minimum absolute atomic E-state index is 0.0198. The van der Waals surface area contributed by atoms with Crippen LogP contribution in [0.5, 0.6) is 0 Å². The highest BCUT2D eigenvalue weighted by Crippen LogP contribution is 2.55. The molecule has 7 rings (SSSR count). The maximum Gasteiger partial charge on any atom is 0.337 e. The molecule has 190 valence electrons. The molecule has 1 atom stereocenters. The van der Waals surface area contributed by atoms with Gasteiger partial charge >= 0.3 is 5.97 Å². The summed E-state index contributed by atoms with van der Waals surface area (Å²) < 4.78 is 13.3. The molecule has 3 aliphatic rings. The number of carbonyl (C=O) groups is 1. The first kappa shape index (κ1) is 23.5. The average molecular weight is 556 g/mol. The van der Waals surface area contributed by atoms with Crippen molar-refractivity contribution in [2.75, 3.05) is 18.0 Å². The molecule has 1 aliphatic heterocycles. The van der Waals surface area contributed by atoms with Crippen LogP contribution in [0.4, 0.5) is 5.69 Å². The Balaban J connectivity index is 1.18. The largest absolute Gasteiger partial charge is 0.478 e. The van der Waals surface area contributed by atoms with Crippen molar-refractivity contribution in [2.24, 2.45) is 5.41 Å². The predicted molar refractivity (Wildman–Crippen MR) is 143 cm³/mol. The highest BCUT2D eigenvalue weighted by Gasteiger charge is 2.56. The molecular weight excluding hydrogens is 533 g/mol. The standard InChI is InChI=1S/C27H23Cl2N3O4S/c28-17-2-1-3-18(29)23(17)24-16(25(36-31-24)14-4-5-14)11-35-22-10-32(12-27(22)6-7-27)20-9-19-21(37-13-30-19)8-15(20)26(33)34/h1-3,8-9,13-14,22H,4-7,10-12H2,(H,33,34). The third kappa shape index (κ3) is 4.02. The highest BCUT2D eigenvalue weighted by atomic mass is 35.5. The predicted octanol–water partition coefficient (Wildman–Crippen LogP) is 7.02. The van der Waals surface area contributed by atoms with E-state index in [1.54, 1.807) is 23.7 Å². The number of benzene rings is 2. The van der Waals surface area contributed by atoms with Crippen LogP contribution in [0.3, 0.4) is 0 Å². The number of rotatable bonds is 7. The molecule has 2 aromatic heterocycles. The van der Waals surface area contributed by atoms with Gasteiger partial charge in [-0.25, -0.2) is 9.78 Å². The third-order valence-electron chi connectivity index (χ3n) is 7.88. The molecular formula is C27H23Cl2N3O4S. The van der Waals surface area contributed by atoms with Gasteiger partial charge in [-0.05, 0) is 49.9 Å². The fourth-order valence-corrected chi connectivity index (χ4v) is 6.83. The number of hydrogen-bond donors (Lipinski definition) is 1. The molecule has 10 heteroatoms. The number of nitrogens with zero attached hydrogens (tertiary/aromatic N) is 3.